The molecule has 1 atom stereocenters. The van der Waals surface area contributed by atoms with Crippen molar-refractivity contribution in [1.29, 1.82) is 0 Å². The van der Waals surface area contributed by atoms with Crippen LogP contribution in [0.3, 0.4) is 0 Å². The maximum absolute atomic E-state index is 11.8. The van der Waals surface area contributed by atoms with E-state index in [2.05, 4.69) is 5.32 Å². The zero-order chi connectivity index (χ0) is 14.4. The standard InChI is InChI=1S/C12H14N2O5/c13-10(16)6-5-8(12(18)19)14-11(17)7-3-1-2-4-9(7)15/h1-4,8,15H,5-6H2,(H2,13,16)(H,14,17)(H,18,19)/t8-/m1/s1. The van der Waals surface area contributed by atoms with Gasteiger partial charge in [0.2, 0.25) is 5.91 Å². The van der Waals surface area contributed by atoms with E-state index in [1.54, 1.807) is 0 Å². The first-order valence-corrected chi connectivity index (χ1v) is 5.51. The van der Waals surface area contributed by atoms with E-state index in [4.69, 9.17) is 10.8 Å². The van der Waals surface area contributed by atoms with E-state index in [1.165, 1.54) is 24.3 Å². The second-order valence-electron chi connectivity index (χ2n) is 3.89. The van der Waals surface area contributed by atoms with Gasteiger partial charge in [-0.1, -0.05) is 12.1 Å². The molecule has 102 valence electrons. The molecule has 0 aromatic heterocycles. The van der Waals surface area contributed by atoms with Gasteiger partial charge in [0.25, 0.3) is 5.91 Å². The van der Waals surface area contributed by atoms with E-state index in [-0.39, 0.29) is 24.2 Å². The van der Waals surface area contributed by atoms with Crippen LogP contribution in [0.2, 0.25) is 0 Å². The molecule has 0 aliphatic heterocycles. The molecule has 0 aliphatic rings. The van der Waals surface area contributed by atoms with Crippen molar-refractivity contribution >= 4 is 17.8 Å². The number of carboxylic acids is 1. The van der Waals surface area contributed by atoms with Gasteiger partial charge in [-0.25, -0.2) is 4.79 Å². The van der Waals surface area contributed by atoms with Crippen LogP contribution in [-0.2, 0) is 9.59 Å². The van der Waals surface area contributed by atoms with E-state index in [9.17, 15) is 19.5 Å². The molecule has 0 bridgehead atoms. The fraction of sp³-hybridized carbons (Fsp3) is 0.250. The van der Waals surface area contributed by atoms with Gasteiger partial charge < -0.3 is 21.3 Å². The smallest absolute Gasteiger partial charge is 0.326 e. The molecule has 2 amide bonds. The summed E-state index contributed by atoms with van der Waals surface area (Å²) in [5.74, 6) is -2.90. The Kier molecular flexibility index (Phi) is 4.87. The number of primary amides is 1. The van der Waals surface area contributed by atoms with Crippen LogP contribution in [0.5, 0.6) is 5.75 Å². The first-order valence-electron chi connectivity index (χ1n) is 5.51. The largest absolute Gasteiger partial charge is 0.507 e. The number of aromatic hydroxyl groups is 1. The van der Waals surface area contributed by atoms with Crippen LogP contribution < -0.4 is 11.1 Å². The topological polar surface area (TPSA) is 130 Å². The third kappa shape index (κ3) is 4.30. The van der Waals surface area contributed by atoms with Crippen molar-refractivity contribution in [2.45, 2.75) is 18.9 Å². The van der Waals surface area contributed by atoms with Gasteiger partial charge in [0.05, 0.1) is 5.56 Å². The first kappa shape index (κ1) is 14.5. The Labute approximate surface area is 109 Å². The number of carboxylic acid groups (broad SMARTS) is 1. The molecule has 0 heterocycles. The Hall–Kier alpha value is -2.57. The van der Waals surface area contributed by atoms with E-state index in [0.717, 1.165) is 0 Å². The molecule has 1 aromatic rings. The molecule has 5 N–H and O–H groups in total. The highest BCUT2D eigenvalue weighted by Gasteiger charge is 2.22. The van der Waals surface area contributed by atoms with Crippen LogP contribution in [0.1, 0.15) is 23.2 Å². The number of rotatable bonds is 6. The van der Waals surface area contributed by atoms with Gasteiger partial charge in [-0.05, 0) is 18.6 Å². The summed E-state index contributed by atoms with van der Waals surface area (Å²) in [7, 11) is 0. The number of nitrogens with one attached hydrogen (secondary N) is 1. The van der Waals surface area contributed by atoms with Crippen LogP contribution in [0.4, 0.5) is 0 Å². The van der Waals surface area contributed by atoms with Crippen LogP contribution in [0.25, 0.3) is 0 Å². The molecule has 0 spiro atoms. The summed E-state index contributed by atoms with van der Waals surface area (Å²) in [5, 5.41) is 20.6. The average Bonchev–Trinajstić information content (AvgIpc) is 2.34. The minimum atomic E-state index is -1.27. The number of aliphatic carboxylic acids is 1. The number of hydrogen-bond acceptors (Lipinski definition) is 4. The molecule has 0 unspecified atom stereocenters. The second kappa shape index (κ2) is 6.39. The van der Waals surface area contributed by atoms with Crippen LogP contribution in [0, 0.1) is 0 Å². The van der Waals surface area contributed by atoms with Crippen LogP contribution in [-0.4, -0.2) is 34.0 Å². The fourth-order valence-electron chi connectivity index (χ4n) is 1.45. The van der Waals surface area contributed by atoms with Gasteiger partial charge in [-0.3, -0.25) is 9.59 Å². The van der Waals surface area contributed by atoms with E-state index in [1.807, 2.05) is 0 Å². The van der Waals surface area contributed by atoms with Crippen molar-refractivity contribution in [3.63, 3.8) is 0 Å². The molecule has 0 saturated carbocycles. The van der Waals surface area contributed by atoms with Gasteiger partial charge >= 0.3 is 5.97 Å². The van der Waals surface area contributed by atoms with E-state index >= 15 is 0 Å². The van der Waals surface area contributed by atoms with Gasteiger partial charge in [0.1, 0.15) is 11.8 Å². The lowest BCUT2D eigenvalue weighted by Gasteiger charge is -2.14. The van der Waals surface area contributed by atoms with Crippen molar-refractivity contribution in [2.75, 3.05) is 0 Å². The molecule has 1 rings (SSSR count). The number of hydrogen-bond donors (Lipinski definition) is 4. The highest BCUT2D eigenvalue weighted by molar-refractivity contribution is 5.98. The van der Waals surface area contributed by atoms with E-state index in [0.29, 0.717) is 0 Å². The predicted molar refractivity (Wildman–Crippen MR) is 65.4 cm³/mol. The minimum Gasteiger partial charge on any atom is -0.507 e. The maximum Gasteiger partial charge on any atom is 0.326 e. The third-order valence-electron chi connectivity index (χ3n) is 2.43. The van der Waals surface area contributed by atoms with Gasteiger partial charge in [-0.15, -0.1) is 0 Å². The molecule has 19 heavy (non-hydrogen) atoms. The molecule has 0 fully saturated rings. The highest BCUT2D eigenvalue weighted by Crippen LogP contribution is 2.15. The summed E-state index contributed by atoms with van der Waals surface area (Å²) in [4.78, 5) is 33.3. The predicted octanol–water partition coefficient (Wildman–Crippen LogP) is -0.159. The Bertz CT molecular complexity index is 501. The Balaban J connectivity index is 2.74. The normalized spacial score (nSPS) is 11.6. The number of para-hydroxylation sites is 1. The third-order valence-corrected chi connectivity index (χ3v) is 2.43. The summed E-state index contributed by atoms with van der Waals surface area (Å²) in [5.41, 5.74) is 4.89. The van der Waals surface area contributed by atoms with Crippen molar-refractivity contribution in [3.8, 4) is 5.75 Å². The summed E-state index contributed by atoms with van der Waals surface area (Å²) in [6, 6.07) is 4.51. The number of phenols is 1. The van der Waals surface area contributed by atoms with Crippen LogP contribution >= 0.6 is 0 Å². The Morgan fingerprint density at radius 2 is 1.89 bits per heavy atom. The van der Waals surface area contributed by atoms with Gasteiger partial charge in [0.15, 0.2) is 0 Å². The molecule has 0 radical (unpaired) electrons. The molecule has 7 nitrogen and oxygen atoms in total. The molecule has 1 aromatic carbocycles. The summed E-state index contributed by atoms with van der Waals surface area (Å²) in [6.45, 7) is 0. The number of carbonyl (C=O) groups is 3. The number of nitrogens with two attached hydrogens (primary N) is 1. The molecule has 0 saturated heterocycles. The Morgan fingerprint density at radius 1 is 1.26 bits per heavy atom. The molecular weight excluding hydrogens is 252 g/mol. The lowest BCUT2D eigenvalue weighted by Crippen LogP contribution is -2.41. The number of benzene rings is 1. The van der Waals surface area contributed by atoms with Crippen molar-refractivity contribution in [3.05, 3.63) is 29.8 Å². The lowest BCUT2D eigenvalue weighted by molar-refractivity contribution is -0.139. The summed E-state index contributed by atoms with van der Waals surface area (Å²) >= 11 is 0. The van der Waals surface area contributed by atoms with Crippen molar-refractivity contribution in [2.24, 2.45) is 5.73 Å². The summed E-state index contributed by atoms with van der Waals surface area (Å²) in [6.07, 6.45) is -0.262. The zero-order valence-electron chi connectivity index (χ0n) is 10.00. The number of amides is 2. The molecule has 7 heteroatoms. The number of phenolic OH excluding ortho intramolecular Hbond substituents is 1. The molecular formula is C12H14N2O5. The highest BCUT2D eigenvalue weighted by atomic mass is 16.4. The quantitative estimate of drug-likeness (QED) is 0.568. The van der Waals surface area contributed by atoms with Crippen LogP contribution in [0.15, 0.2) is 24.3 Å². The van der Waals surface area contributed by atoms with Crippen molar-refractivity contribution < 1.29 is 24.6 Å². The second-order valence-corrected chi connectivity index (χ2v) is 3.89. The average molecular weight is 266 g/mol. The molecule has 0 aliphatic carbocycles. The fourth-order valence-corrected chi connectivity index (χ4v) is 1.45. The SMILES string of the molecule is NC(=O)CC[C@@H](NC(=O)c1ccccc1O)C(=O)O. The number of carbonyl (C=O) groups excluding carboxylic acids is 2. The summed E-state index contributed by atoms with van der Waals surface area (Å²) < 4.78 is 0. The van der Waals surface area contributed by atoms with Gasteiger partial charge in [0, 0.05) is 6.42 Å². The first-order chi connectivity index (χ1) is 8.91. The monoisotopic (exact) mass is 266 g/mol. The van der Waals surface area contributed by atoms with Gasteiger partial charge in [-0.2, -0.15) is 0 Å². The Morgan fingerprint density at radius 3 is 2.42 bits per heavy atom. The lowest BCUT2D eigenvalue weighted by atomic mass is 10.1. The maximum atomic E-state index is 11.8. The minimum absolute atomic E-state index is 0.0344. The van der Waals surface area contributed by atoms with Crippen molar-refractivity contribution in [1.82, 2.24) is 5.32 Å². The van der Waals surface area contributed by atoms with E-state index < -0.39 is 23.8 Å². The zero-order valence-corrected chi connectivity index (χ0v) is 10.00.